The lowest BCUT2D eigenvalue weighted by Crippen LogP contribution is -2.50. The van der Waals surface area contributed by atoms with Gasteiger partial charge in [0.15, 0.2) is 9.84 Å². The predicted octanol–water partition coefficient (Wildman–Crippen LogP) is 2.70. The average Bonchev–Trinajstić information content (AvgIpc) is 3.17. The fraction of sp³-hybridized carbons (Fsp3) is 0.833. The first-order valence-corrected chi connectivity index (χ1v) is 14.1. The molecular formula is C24H33N3O3S. The largest absolute Gasteiger partial charge is 0.300 e. The summed E-state index contributed by atoms with van der Waals surface area (Å²) in [5, 5.41) is 5.10. The van der Waals surface area contributed by atoms with Gasteiger partial charge >= 0.3 is 0 Å². The minimum absolute atomic E-state index is 0.0690. The van der Waals surface area contributed by atoms with Crippen molar-refractivity contribution in [2.24, 2.45) is 23.2 Å². The van der Waals surface area contributed by atoms with Crippen LogP contribution in [0, 0.1) is 23.2 Å². The Morgan fingerprint density at radius 3 is 2.55 bits per heavy atom. The molecule has 5 atom stereocenters. The van der Waals surface area contributed by atoms with Crippen molar-refractivity contribution in [1.29, 1.82) is 0 Å². The number of likely N-dealkylation sites (tertiary alicyclic amines) is 1. The molecule has 31 heavy (non-hydrogen) atoms. The molecule has 8 rings (SSSR count). The Hall–Kier alpha value is -1.21. The van der Waals surface area contributed by atoms with E-state index in [1.54, 1.807) is 0 Å². The van der Waals surface area contributed by atoms with Crippen molar-refractivity contribution in [3.05, 3.63) is 17.5 Å². The fourth-order valence-electron chi connectivity index (χ4n) is 8.51. The number of hydrogen-bond acceptors (Lipinski definition) is 5. The molecule has 1 unspecified atom stereocenters. The lowest BCUT2D eigenvalue weighted by molar-refractivity contribution is -0.120. The number of nitrogens with zero attached hydrogens (tertiary/aromatic N) is 3. The summed E-state index contributed by atoms with van der Waals surface area (Å²) >= 11 is 0. The minimum Gasteiger partial charge on any atom is -0.300 e. The molecule has 1 spiro atoms. The van der Waals surface area contributed by atoms with E-state index in [1.165, 1.54) is 17.8 Å². The van der Waals surface area contributed by atoms with Crippen LogP contribution in [0.5, 0.6) is 0 Å². The topological polar surface area (TPSA) is 72.3 Å². The summed E-state index contributed by atoms with van der Waals surface area (Å²) in [4.78, 5) is 14.4. The van der Waals surface area contributed by atoms with Crippen molar-refractivity contribution in [2.75, 3.05) is 24.6 Å². The predicted molar refractivity (Wildman–Crippen MR) is 117 cm³/mol. The van der Waals surface area contributed by atoms with Crippen molar-refractivity contribution in [3.63, 3.8) is 0 Å². The third kappa shape index (κ3) is 2.45. The van der Waals surface area contributed by atoms with Gasteiger partial charge in [0.05, 0.1) is 17.2 Å². The summed E-state index contributed by atoms with van der Waals surface area (Å²) in [6.45, 7) is 6.55. The Balaban J connectivity index is 1.13. The molecule has 0 aromatic carbocycles. The number of aromatic nitrogens is 2. The van der Waals surface area contributed by atoms with Gasteiger partial charge in [-0.05, 0) is 69.9 Å². The van der Waals surface area contributed by atoms with Crippen LogP contribution < -0.4 is 0 Å². The lowest BCUT2D eigenvalue weighted by Gasteiger charge is -2.38. The van der Waals surface area contributed by atoms with Crippen LogP contribution in [0.1, 0.15) is 75.7 Å². The van der Waals surface area contributed by atoms with Crippen molar-refractivity contribution >= 4 is 15.6 Å². The molecule has 5 saturated carbocycles. The number of fused-ring (bicyclic) bond motifs is 1. The number of carbonyl (C=O) groups excluding carboxylic acids is 1. The highest BCUT2D eigenvalue weighted by Crippen LogP contribution is 2.91. The molecule has 7 fully saturated rings. The van der Waals surface area contributed by atoms with Gasteiger partial charge in [-0.2, -0.15) is 5.10 Å². The van der Waals surface area contributed by atoms with E-state index in [2.05, 4.69) is 29.5 Å². The van der Waals surface area contributed by atoms with Crippen LogP contribution in [0.4, 0.5) is 0 Å². The number of rotatable bonds is 4. The molecular weight excluding hydrogens is 410 g/mol. The third-order valence-electron chi connectivity index (χ3n) is 9.87. The van der Waals surface area contributed by atoms with Gasteiger partial charge in [0.2, 0.25) is 0 Å². The third-order valence-corrected chi connectivity index (χ3v) is 12.0. The van der Waals surface area contributed by atoms with Crippen molar-refractivity contribution in [1.82, 2.24) is 14.7 Å². The van der Waals surface area contributed by atoms with Crippen LogP contribution in [0.3, 0.4) is 0 Å². The normalized spacial score (nSPS) is 42.2. The smallest absolute Gasteiger partial charge is 0.151 e. The first kappa shape index (κ1) is 19.3. The van der Waals surface area contributed by atoms with Crippen LogP contribution in [0.2, 0.25) is 0 Å². The molecule has 1 aromatic rings. The Bertz CT molecular complexity index is 1060. The maximum Gasteiger partial charge on any atom is 0.151 e. The molecule has 168 valence electrons. The van der Waals surface area contributed by atoms with E-state index in [0.717, 1.165) is 50.1 Å². The van der Waals surface area contributed by atoms with Gasteiger partial charge in [0.1, 0.15) is 5.78 Å². The zero-order chi connectivity index (χ0) is 21.3. The molecule has 2 saturated heterocycles. The average molecular weight is 444 g/mol. The highest BCUT2D eigenvalue weighted by Gasteiger charge is 2.93. The van der Waals surface area contributed by atoms with E-state index in [1.807, 2.05) is 0 Å². The zero-order valence-electron chi connectivity index (χ0n) is 18.6. The number of sulfone groups is 1. The Kier molecular flexibility index (Phi) is 3.62. The number of hydrogen-bond donors (Lipinski definition) is 0. The quantitative estimate of drug-likeness (QED) is 0.715. The van der Waals surface area contributed by atoms with Gasteiger partial charge in [0, 0.05) is 53.9 Å². The summed E-state index contributed by atoms with van der Waals surface area (Å²) in [7, 11) is -2.76. The van der Waals surface area contributed by atoms with Crippen LogP contribution >= 0.6 is 0 Å². The zero-order valence-corrected chi connectivity index (χ0v) is 19.4. The number of Topliss-reactive ketones (excluding diaryl/α,β-unsaturated/α-hetero) is 1. The van der Waals surface area contributed by atoms with E-state index in [0.29, 0.717) is 53.5 Å². The molecule has 1 aromatic heterocycles. The molecule has 3 heterocycles. The highest BCUT2D eigenvalue weighted by atomic mass is 32.2. The van der Waals surface area contributed by atoms with E-state index < -0.39 is 9.84 Å². The molecule has 7 heteroatoms. The fourth-order valence-corrected chi connectivity index (χ4v) is 10.8. The Morgan fingerprint density at radius 1 is 1.16 bits per heavy atom. The van der Waals surface area contributed by atoms with Gasteiger partial charge in [-0.1, -0.05) is 0 Å². The van der Waals surface area contributed by atoms with Crippen molar-refractivity contribution in [3.8, 4) is 0 Å². The van der Waals surface area contributed by atoms with Crippen LogP contribution in [-0.4, -0.2) is 59.5 Å². The van der Waals surface area contributed by atoms with Gasteiger partial charge in [-0.15, -0.1) is 0 Å². The first-order valence-electron chi connectivity index (χ1n) is 12.3. The van der Waals surface area contributed by atoms with Gasteiger partial charge < -0.3 is 0 Å². The standard InChI is InChI=1S/C24H33N3O3S/c1-14(2)27-20(10-18(25-27)15-3-5-16(28)6-4-15)24-17-9-19(22(24)21(17)24)26-8-7-23(11-26)12-31(29,30)13-23/h10,14-15,17,19,21-22H,3-9,11-13H2,1-2H3/t17-,19-,21-,22?,24-/m1/s1. The minimum atomic E-state index is -2.76. The Morgan fingerprint density at radius 2 is 1.90 bits per heavy atom. The second-order valence-electron chi connectivity index (χ2n) is 12.0. The van der Waals surface area contributed by atoms with Gasteiger partial charge in [-0.3, -0.25) is 14.4 Å². The van der Waals surface area contributed by atoms with Crippen LogP contribution in [0.15, 0.2) is 6.07 Å². The second-order valence-corrected chi connectivity index (χ2v) is 14.0. The number of carbonyl (C=O) groups is 1. The van der Waals surface area contributed by atoms with Crippen LogP contribution in [0.25, 0.3) is 0 Å². The monoisotopic (exact) mass is 443 g/mol. The molecule has 6 nitrogen and oxygen atoms in total. The molecule has 2 bridgehead atoms. The first-order chi connectivity index (χ1) is 14.7. The second kappa shape index (κ2) is 5.82. The summed E-state index contributed by atoms with van der Waals surface area (Å²) in [5.41, 5.74) is 3.11. The summed E-state index contributed by atoms with van der Waals surface area (Å²) in [5.74, 6) is 4.06. The maximum atomic E-state index is 11.8. The van der Waals surface area contributed by atoms with E-state index in [9.17, 15) is 13.2 Å². The van der Waals surface area contributed by atoms with E-state index >= 15 is 0 Å². The van der Waals surface area contributed by atoms with Crippen molar-refractivity contribution < 1.29 is 13.2 Å². The van der Waals surface area contributed by atoms with E-state index in [-0.39, 0.29) is 5.41 Å². The number of ketones is 1. The lowest BCUT2D eigenvalue weighted by atomic mass is 9.86. The summed E-state index contributed by atoms with van der Waals surface area (Å²) < 4.78 is 25.9. The SMILES string of the molecule is CC(C)n1nc(C2CCC(=O)CC2)cc1[C@]12C3[C@H](N4CCC5(C4)CS(=O)(=O)C5)C[C@@H]1[C@H]32. The molecule has 0 radical (unpaired) electrons. The van der Waals surface area contributed by atoms with Gasteiger partial charge in [0.25, 0.3) is 0 Å². The molecule has 0 amide bonds. The molecule has 0 N–H and O–H groups in total. The molecule has 5 aliphatic carbocycles. The van der Waals surface area contributed by atoms with Gasteiger partial charge in [-0.25, -0.2) is 8.42 Å². The Labute approximate surface area is 184 Å². The summed E-state index contributed by atoms with van der Waals surface area (Å²) in [6, 6.07) is 3.42. The highest BCUT2D eigenvalue weighted by molar-refractivity contribution is 7.92. The summed E-state index contributed by atoms with van der Waals surface area (Å²) in [6.07, 6.45) is 5.68. The molecule has 7 aliphatic rings. The maximum absolute atomic E-state index is 11.8. The van der Waals surface area contributed by atoms with Crippen molar-refractivity contribution in [2.45, 2.75) is 75.8 Å². The molecule has 2 aliphatic heterocycles. The van der Waals surface area contributed by atoms with Crippen LogP contribution in [-0.2, 0) is 20.0 Å². The van der Waals surface area contributed by atoms with E-state index in [4.69, 9.17) is 5.10 Å².